The molecule has 0 amide bonds. The van der Waals surface area contributed by atoms with Crippen LogP contribution in [0.15, 0.2) is 12.2 Å². The summed E-state index contributed by atoms with van der Waals surface area (Å²) in [7, 11) is -0.0104. The lowest BCUT2D eigenvalue weighted by Crippen LogP contribution is -2.54. The van der Waals surface area contributed by atoms with E-state index in [-0.39, 0.29) is 9.52 Å². The minimum atomic E-state index is -0.0104. The Kier molecular flexibility index (Phi) is 6.45. The molecule has 104 valence electrons. The van der Waals surface area contributed by atoms with Crippen molar-refractivity contribution >= 4 is 9.52 Å². The molecule has 0 aromatic carbocycles. The summed E-state index contributed by atoms with van der Waals surface area (Å²) in [5.41, 5.74) is 0. The Hall–Kier alpha value is -0.123. The van der Waals surface area contributed by atoms with Crippen molar-refractivity contribution in [1.82, 2.24) is 9.80 Å². The first kappa shape index (κ1) is 14.3. The maximum atomic E-state index is 2.82. The standard InChI is InChI=1S/C15H30N2Si/c1-2-3-14-18-15(16-10-6-4-7-11-16)17-12-8-5-9-13-17/h2-3,15H,4-14,18H2,1H3. The summed E-state index contributed by atoms with van der Waals surface area (Å²) >= 11 is 0. The van der Waals surface area contributed by atoms with Gasteiger partial charge in [0.25, 0.3) is 0 Å². The Morgan fingerprint density at radius 1 is 0.889 bits per heavy atom. The molecule has 0 saturated carbocycles. The normalized spacial score (nSPS) is 24.8. The van der Waals surface area contributed by atoms with Crippen LogP contribution in [0, 0.1) is 0 Å². The van der Waals surface area contributed by atoms with Crippen molar-refractivity contribution in [3.8, 4) is 0 Å². The first-order chi connectivity index (χ1) is 8.92. The summed E-state index contributed by atoms with van der Waals surface area (Å²) in [6.45, 7) is 7.62. The quantitative estimate of drug-likeness (QED) is 0.557. The second-order valence-corrected chi connectivity index (χ2v) is 7.71. The van der Waals surface area contributed by atoms with E-state index in [1.807, 2.05) is 0 Å². The Bertz CT molecular complexity index is 225. The number of allylic oxidation sites excluding steroid dienone is 2. The Labute approximate surface area is 115 Å². The van der Waals surface area contributed by atoms with E-state index in [4.69, 9.17) is 0 Å². The van der Waals surface area contributed by atoms with Gasteiger partial charge >= 0.3 is 0 Å². The van der Waals surface area contributed by atoms with Crippen molar-refractivity contribution in [2.24, 2.45) is 0 Å². The van der Waals surface area contributed by atoms with Gasteiger partial charge in [0, 0.05) is 5.79 Å². The third-order valence-corrected chi connectivity index (χ3v) is 6.67. The zero-order valence-corrected chi connectivity index (χ0v) is 13.5. The Morgan fingerprint density at radius 2 is 1.39 bits per heavy atom. The number of piperidine rings is 2. The molecule has 2 saturated heterocycles. The van der Waals surface area contributed by atoms with Crippen molar-refractivity contribution in [3.63, 3.8) is 0 Å². The van der Waals surface area contributed by atoms with Gasteiger partial charge in [0.1, 0.15) is 0 Å². The fraction of sp³-hybridized carbons (Fsp3) is 0.867. The van der Waals surface area contributed by atoms with Crippen molar-refractivity contribution in [2.45, 2.75) is 57.3 Å². The third-order valence-electron chi connectivity index (χ3n) is 4.45. The zero-order chi connectivity index (χ0) is 12.6. The summed E-state index contributed by atoms with van der Waals surface area (Å²) in [6, 6.07) is 1.38. The monoisotopic (exact) mass is 266 g/mol. The maximum Gasteiger partial charge on any atom is 0.0629 e. The molecule has 0 spiro atoms. The van der Waals surface area contributed by atoms with Crippen molar-refractivity contribution < 1.29 is 0 Å². The summed E-state index contributed by atoms with van der Waals surface area (Å²) < 4.78 is 0. The molecular weight excluding hydrogens is 236 g/mol. The number of nitrogens with zero attached hydrogens (tertiary/aromatic N) is 2. The molecule has 2 aliphatic heterocycles. The smallest absolute Gasteiger partial charge is 0.0629 e. The van der Waals surface area contributed by atoms with Crippen LogP contribution in [0.5, 0.6) is 0 Å². The topological polar surface area (TPSA) is 6.48 Å². The van der Waals surface area contributed by atoms with Crippen LogP contribution in [-0.2, 0) is 0 Å². The Balaban J connectivity index is 1.91. The minimum absolute atomic E-state index is 0.0104. The molecule has 2 fully saturated rings. The molecule has 0 radical (unpaired) electrons. The molecule has 0 atom stereocenters. The van der Waals surface area contributed by atoms with E-state index < -0.39 is 0 Å². The lowest BCUT2D eigenvalue weighted by molar-refractivity contribution is 0.0662. The number of hydrogen-bond acceptors (Lipinski definition) is 2. The Morgan fingerprint density at radius 3 is 1.83 bits per heavy atom. The summed E-state index contributed by atoms with van der Waals surface area (Å²) in [5.74, 6) is 0.863. The van der Waals surface area contributed by atoms with E-state index >= 15 is 0 Å². The van der Waals surface area contributed by atoms with Gasteiger partial charge in [-0.25, -0.2) is 0 Å². The molecule has 0 aromatic heterocycles. The van der Waals surface area contributed by atoms with Crippen LogP contribution in [0.3, 0.4) is 0 Å². The van der Waals surface area contributed by atoms with Crippen molar-refractivity contribution in [3.05, 3.63) is 12.2 Å². The highest BCUT2D eigenvalue weighted by atomic mass is 28.2. The zero-order valence-electron chi connectivity index (χ0n) is 12.1. The highest BCUT2D eigenvalue weighted by molar-refractivity contribution is 6.38. The molecule has 0 bridgehead atoms. The summed E-state index contributed by atoms with van der Waals surface area (Å²) in [6.07, 6.45) is 13.3. The van der Waals surface area contributed by atoms with Crippen LogP contribution in [0.1, 0.15) is 45.4 Å². The van der Waals surface area contributed by atoms with E-state index in [9.17, 15) is 0 Å². The van der Waals surface area contributed by atoms with Gasteiger partial charge in [-0.1, -0.05) is 25.0 Å². The van der Waals surface area contributed by atoms with Gasteiger partial charge < -0.3 is 0 Å². The number of rotatable bonds is 5. The maximum absolute atomic E-state index is 2.82. The summed E-state index contributed by atoms with van der Waals surface area (Å²) in [5, 5.41) is 0. The molecule has 2 heterocycles. The average Bonchev–Trinajstić information content (AvgIpc) is 2.46. The summed E-state index contributed by atoms with van der Waals surface area (Å²) in [4.78, 5) is 5.65. The SMILES string of the molecule is CC=CC[SiH2]C(N1CCCCC1)N1CCCCC1. The lowest BCUT2D eigenvalue weighted by atomic mass is 10.1. The van der Waals surface area contributed by atoms with Crippen LogP contribution < -0.4 is 0 Å². The first-order valence-corrected chi connectivity index (χ1v) is 9.82. The average molecular weight is 267 g/mol. The molecule has 0 aromatic rings. The molecule has 2 nitrogen and oxygen atoms in total. The highest BCUT2D eigenvalue weighted by Crippen LogP contribution is 2.19. The molecular formula is C15H30N2Si. The van der Waals surface area contributed by atoms with Gasteiger partial charge in [-0.05, 0) is 64.8 Å². The largest absolute Gasteiger partial charge is 0.291 e. The van der Waals surface area contributed by atoms with Gasteiger partial charge in [0.05, 0.1) is 9.52 Å². The van der Waals surface area contributed by atoms with E-state index in [2.05, 4.69) is 28.9 Å². The van der Waals surface area contributed by atoms with E-state index in [1.54, 1.807) is 0 Å². The highest BCUT2D eigenvalue weighted by Gasteiger charge is 2.26. The molecule has 18 heavy (non-hydrogen) atoms. The fourth-order valence-electron chi connectivity index (χ4n) is 3.44. The van der Waals surface area contributed by atoms with Gasteiger partial charge in [-0.3, -0.25) is 9.80 Å². The van der Waals surface area contributed by atoms with Gasteiger partial charge in [-0.15, -0.1) is 0 Å². The molecule has 3 heteroatoms. The predicted molar refractivity (Wildman–Crippen MR) is 82.8 cm³/mol. The van der Waals surface area contributed by atoms with Crippen LogP contribution in [-0.4, -0.2) is 51.3 Å². The van der Waals surface area contributed by atoms with Gasteiger partial charge in [-0.2, -0.15) is 0 Å². The predicted octanol–water partition coefficient (Wildman–Crippen LogP) is 2.41. The second-order valence-electron chi connectivity index (χ2n) is 5.82. The molecule has 0 N–H and O–H groups in total. The van der Waals surface area contributed by atoms with Crippen LogP contribution in [0.4, 0.5) is 0 Å². The van der Waals surface area contributed by atoms with Crippen LogP contribution in [0.25, 0.3) is 0 Å². The molecule has 2 rings (SSSR count). The lowest BCUT2D eigenvalue weighted by Gasteiger charge is -2.43. The van der Waals surface area contributed by atoms with Crippen molar-refractivity contribution in [2.75, 3.05) is 26.2 Å². The van der Waals surface area contributed by atoms with E-state index in [1.165, 1.54) is 70.7 Å². The van der Waals surface area contributed by atoms with Gasteiger partial charge in [0.2, 0.25) is 0 Å². The van der Waals surface area contributed by atoms with Gasteiger partial charge in [0.15, 0.2) is 0 Å². The van der Waals surface area contributed by atoms with E-state index in [0.29, 0.717) is 0 Å². The van der Waals surface area contributed by atoms with E-state index in [0.717, 1.165) is 5.79 Å². The van der Waals surface area contributed by atoms with Crippen molar-refractivity contribution in [1.29, 1.82) is 0 Å². The number of hydrogen-bond donors (Lipinski definition) is 0. The minimum Gasteiger partial charge on any atom is -0.291 e. The fourth-order valence-corrected chi connectivity index (χ4v) is 5.73. The first-order valence-electron chi connectivity index (χ1n) is 8.01. The number of likely N-dealkylation sites (tertiary alicyclic amines) is 2. The third kappa shape index (κ3) is 4.21. The molecule has 0 unspecified atom stereocenters. The molecule has 2 aliphatic rings. The van der Waals surface area contributed by atoms with Crippen LogP contribution >= 0.6 is 0 Å². The second kappa shape index (κ2) is 8.13. The van der Waals surface area contributed by atoms with Crippen LogP contribution in [0.2, 0.25) is 6.04 Å². The molecule has 0 aliphatic carbocycles.